The molecule has 6 heteroatoms. The van der Waals surface area contributed by atoms with Crippen molar-refractivity contribution >= 4 is 29.7 Å². The van der Waals surface area contributed by atoms with Crippen molar-refractivity contribution in [1.82, 2.24) is 5.32 Å². The van der Waals surface area contributed by atoms with Crippen LogP contribution in [0.25, 0.3) is 12.2 Å². The molecule has 0 aliphatic rings. The van der Waals surface area contributed by atoms with E-state index in [4.69, 9.17) is 26.6 Å². The van der Waals surface area contributed by atoms with Crippen molar-refractivity contribution in [3.05, 3.63) is 64.2 Å². The third-order valence-corrected chi connectivity index (χ3v) is 3.85. The molecule has 3 N–H and O–H groups in total. The van der Waals surface area contributed by atoms with E-state index in [2.05, 4.69) is 5.32 Å². The molecule has 5 nitrogen and oxygen atoms in total. The minimum absolute atomic E-state index is 0.332. The van der Waals surface area contributed by atoms with Gasteiger partial charge in [-0.2, -0.15) is 0 Å². The fraction of sp³-hybridized carbons (Fsp3) is 0.211. The Morgan fingerprint density at radius 2 is 1.84 bits per heavy atom. The summed E-state index contributed by atoms with van der Waals surface area (Å²) < 4.78 is 5.33. The molecule has 25 heavy (non-hydrogen) atoms. The SMILES string of the molecule is COc1ccc(C(=O)NC(CO)CO)cc1C=Cc1ccc(Cl)cc1. The number of rotatable bonds is 7. The molecule has 2 aromatic rings. The van der Waals surface area contributed by atoms with Gasteiger partial charge in [-0.25, -0.2) is 0 Å². The topological polar surface area (TPSA) is 78.8 Å². The number of nitrogens with one attached hydrogen (secondary N) is 1. The number of carbonyl (C=O) groups excluding carboxylic acids is 1. The molecule has 1 amide bonds. The molecule has 0 saturated carbocycles. The van der Waals surface area contributed by atoms with Crippen molar-refractivity contribution in [3.63, 3.8) is 0 Å². The first kappa shape index (κ1) is 19.0. The third kappa shape index (κ3) is 5.32. The van der Waals surface area contributed by atoms with Gasteiger partial charge in [0.05, 0.1) is 26.4 Å². The fourth-order valence-corrected chi connectivity index (χ4v) is 2.31. The molecule has 0 bridgehead atoms. The van der Waals surface area contributed by atoms with Gasteiger partial charge in [-0.15, -0.1) is 0 Å². The first-order valence-corrected chi connectivity index (χ1v) is 8.09. The standard InChI is InChI=1S/C19H20ClNO4/c1-25-18-9-6-15(19(24)21-17(11-22)12-23)10-14(18)5-2-13-3-7-16(20)8-4-13/h2-10,17,22-23H,11-12H2,1H3,(H,21,24). The summed E-state index contributed by atoms with van der Waals surface area (Å²) in [6.07, 6.45) is 3.73. The van der Waals surface area contributed by atoms with E-state index in [-0.39, 0.29) is 19.1 Å². The molecule has 0 unspecified atom stereocenters. The molecular formula is C19H20ClNO4. The van der Waals surface area contributed by atoms with Crippen molar-refractivity contribution in [2.75, 3.05) is 20.3 Å². The van der Waals surface area contributed by atoms with Crippen molar-refractivity contribution in [3.8, 4) is 5.75 Å². The van der Waals surface area contributed by atoms with E-state index in [9.17, 15) is 4.79 Å². The lowest BCUT2D eigenvalue weighted by Crippen LogP contribution is -2.40. The zero-order valence-electron chi connectivity index (χ0n) is 13.8. The van der Waals surface area contributed by atoms with Crippen molar-refractivity contribution in [2.24, 2.45) is 0 Å². The molecular weight excluding hydrogens is 342 g/mol. The van der Waals surface area contributed by atoms with E-state index in [0.29, 0.717) is 16.3 Å². The van der Waals surface area contributed by atoms with E-state index in [1.807, 2.05) is 24.3 Å². The highest BCUT2D eigenvalue weighted by atomic mass is 35.5. The molecule has 0 radical (unpaired) electrons. The minimum Gasteiger partial charge on any atom is -0.496 e. The second kappa shape index (κ2) is 9.22. The first-order chi connectivity index (χ1) is 12.1. The highest BCUT2D eigenvalue weighted by Crippen LogP contribution is 2.23. The van der Waals surface area contributed by atoms with Crippen molar-refractivity contribution in [2.45, 2.75) is 6.04 Å². The van der Waals surface area contributed by atoms with E-state index >= 15 is 0 Å². The Bertz CT molecular complexity index is 740. The Morgan fingerprint density at radius 1 is 1.16 bits per heavy atom. The third-order valence-electron chi connectivity index (χ3n) is 3.59. The first-order valence-electron chi connectivity index (χ1n) is 7.71. The predicted molar refractivity (Wildman–Crippen MR) is 98.8 cm³/mol. The summed E-state index contributed by atoms with van der Waals surface area (Å²) in [5.41, 5.74) is 2.10. The predicted octanol–water partition coefficient (Wildman–Crippen LogP) is 2.60. The van der Waals surface area contributed by atoms with Crippen LogP contribution in [0.5, 0.6) is 5.75 Å². The summed E-state index contributed by atoms with van der Waals surface area (Å²) in [5, 5.41) is 21.4. The average molecular weight is 362 g/mol. The lowest BCUT2D eigenvalue weighted by molar-refractivity contribution is 0.0879. The van der Waals surface area contributed by atoms with E-state index < -0.39 is 6.04 Å². The van der Waals surface area contributed by atoms with Crippen LogP contribution in [0.15, 0.2) is 42.5 Å². The molecule has 132 valence electrons. The van der Waals surface area contributed by atoms with Crippen LogP contribution in [0.3, 0.4) is 0 Å². The summed E-state index contributed by atoms with van der Waals surface area (Å²) in [4.78, 5) is 12.2. The lowest BCUT2D eigenvalue weighted by atomic mass is 10.1. The number of hydrogen-bond acceptors (Lipinski definition) is 4. The second-order valence-electron chi connectivity index (χ2n) is 5.38. The van der Waals surface area contributed by atoms with Crippen LogP contribution >= 0.6 is 11.6 Å². The van der Waals surface area contributed by atoms with E-state index in [1.54, 1.807) is 37.4 Å². The van der Waals surface area contributed by atoms with Crippen LogP contribution in [-0.2, 0) is 0 Å². The van der Waals surface area contributed by atoms with E-state index in [1.165, 1.54) is 0 Å². The molecule has 0 heterocycles. The summed E-state index contributed by atoms with van der Waals surface area (Å²) >= 11 is 5.87. The summed E-state index contributed by atoms with van der Waals surface area (Å²) in [7, 11) is 1.56. The Labute approximate surface area is 151 Å². The number of ether oxygens (including phenoxy) is 1. The lowest BCUT2D eigenvalue weighted by Gasteiger charge is -2.14. The maximum atomic E-state index is 12.2. The molecule has 0 saturated heterocycles. The van der Waals surface area contributed by atoms with Crippen molar-refractivity contribution < 1.29 is 19.7 Å². The largest absolute Gasteiger partial charge is 0.496 e. The zero-order valence-corrected chi connectivity index (χ0v) is 14.5. The van der Waals surface area contributed by atoms with Crippen LogP contribution < -0.4 is 10.1 Å². The van der Waals surface area contributed by atoms with Gasteiger partial charge >= 0.3 is 0 Å². The molecule has 0 aliphatic carbocycles. The Hall–Kier alpha value is -2.34. The van der Waals surface area contributed by atoms with Gasteiger partial charge in [0, 0.05) is 16.1 Å². The number of amides is 1. The quantitative estimate of drug-likeness (QED) is 0.662. The summed E-state index contributed by atoms with van der Waals surface area (Å²) in [6, 6.07) is 11.7. The Morgan fingerprint density at radius 3 is 2.44 bits per heavy atom. The van der Waals surface area contributed by atoms with Crippen LogP contribution in [0.2, 0.25) is 5.02 Å². The van der Waals surface area contributed by atoms with Gasteiger partial charge in [-0.1, -0.05) is 35.9 Å². The number of carbonyl (C=O) groups is 1. The van der Waals surface area contributed by atoms with Crippen LogP contribution in [0, 0.1) is 0 Å². The highest BCUT2D eigenvalue weighted by Gasteiger charge is 2.13. The summed E-state index contributed by atoms with van der Waals surface area (Å²) in [6.45, 7) is -0.663. The summed E-state index contributed by atoms with van der Waals surface area (Å²) in [5.74, 6) is 0.250. The van der Waals surface area contributed by atoms with E-state index in [0.717, 1.165) is 11.1 Å². The molecule has 0 atom stereocenters. The molecule has 2 rings (SSSR count). The highest BCUT2D eigenvalue weighted by molar-refractivity contribution is 6.30. The molecule has 0 aliphatic heterocycles. The van der Waals surface area contributed by atoms with Crippen LogP contribution in [0.4, 0.5) is 0 Å². The normalized spacial score (nSPS) is 11.1. The van der Waals surface area contributed by atoms with Gasteiger partial charge in [-0.05, 0) is 35.9 Å². The van der Waals surface area contributed by atoms with Gasteiger partial charge in [-0.3, -0.25) is 4.79 Å². The number of aliphatic hydroxyl groups excluding tert-OH is 2. The van der Waals surface area contributed by atoms with Crippen LogP contribution in [0.1, 0.15) is 21.5 Å². The zero-order chi connectivity index (χ0) is 18.2. The average Bonchev–Trinajstić information content (AvgIpc) is 2.65. The maximum Gasteiger partial charge on any atom is 0.251 e. The smallest absolute Gasteiger partial charge is 0.251 e. The van der Waals surface area contributed by atoms with Gasteiger partial charge in [0.25, 0.3) is 5.91 Å². The maximum absolute atomic E-state index is 12.2. The number of halogens is 1. The number of benzene rings is 2. The monoisotopic (exact) mass is 361 g/mol. The van der Waals surface area contributed by atoms with Gasteiger partial charge < -0.3 is 20.3 Å². The van der Waals surface area contributed by atoms with Gasteiger partial charge in [0.2, 0.25) is 0 Å². The molecule has 0 spiro atoms. The molecule has 0 fully saturated rings. The fourth-order valence-electron chi connectivity index (χ4n) is 2.18. The Kier molecular flexibility index (Phi) is 7.01. The minimum atomic E-state index is -0.692. The number of methoxy groups -OCH3 is 1. The number of hydrogen-bond donors (Lipinski definition) is 3. The van der Waals surface area contributed by atoms with Gasteiger partial charge in [0.15, 0.2) is 0 Å². The molecule has 2 aromatic carbocycles. The second-order valence-corrected chi connectivity index (χ2v) is 5.81. The number of aliphatic hydroxyl groups is 2. The van der Waals surface area contributed by atoms with Crippen LogP contribution in [-0.4, -0.2) is 42.5 Å². The van der Waals surface area contributed by atoms with Gasteiger partial charge in [0.1, 0.15) is 5.75 Å². The molecule has 0 aromatic heterocycles. The Balaban J connectivity index is 2.24. The van der Waals surface area contributed by atoms with Crippen molar-refractivity contribution in [1.29, 1.82) is 0 Å².